The lowest BCUT2D eigenvalue weighted by Gasteiger charge is -2.08. The van der Waals surface area contributed by atoms with Gasteiger partial charge in [0.1, 0.15) is 0 Å². The van der Waals surface area contributed by atoms with Crippen LogP contribution in [0.2, 0.25) is 0 Å². The zero-order chi connectivity index (χ0) is 12.5. The summed E-state index contributed by atoms with van der Waals surface area (Å²) in [7, 11) is 0. The van der Waals surface area contributed by atoms with E-state index in [0.29, 0.717) is 0 Å². The molecule has 0 aromatic heterocycles. The number of carboxylic acids is 1. The Hall–Kier alpha value is -1.35. The molecule has 2 rings (SSSR count). The minimum Gasteiger partial charge on any atom is -0.481 e. The van der Waals surface area contributed by atoms with Crippen molar-refractivity contribution < 1.29 is 14.6 Å². The first-order chi connectivity index (χ1) is 8.22. The van der Waals surface area contributed by atoms with Gasteiger partial charge in [0.05, 0.1) is 5.92 Å². The van der Waals surface area contributed by atoms with Crippen LogP contribution in [-0.4, -0.2) is 24.3 Å². The highest BCUT2D eigenvalue weighted by Gasteiger charge is 2.11. The molecule has 1 N–H and O–H groups in total. The van der Waals surface area contributed by atoms with Crippen LogP contribution < -0.4 is 0 Å². The van der Waals surface area contributed by atoms with Crippen LogP contribution >= 0.6 is 0 Å². The van der Waals surface area contributed by atoms with Gasteiger partial charge in [0, 0.05) is 13.2 Å². The molecule has 0 aliphatic carbocycles. The van der Waals surface area contributed by atoms with Crippen LogP contribution in [0.1, 0.15) is 37.7 Å². The average Bonchev–Trinajstić information content (AvgIpc) is 2.41. The maximum atomic E-state index is 10.5. The highest BCUT2D eigenvalue weighted by Crippen LogP contribution is 2.13. The van der Waals surface area contributed by atoms with Gasteiger partial charge in [-0.15, -0.1) is 0 Å². The second-order valence-corrected chi connectivity index (χ2v) is 4.14. The topological polar surface area (TPSA) is 46.5 Å². The van der Waals surface area contributed by atoms with E-state index in [1.54, 1.807) is 6.92 Å². The van der Waals surface area contributed by atoms with E-state index in [0.717, 1.165) is 18.8 Å². The number of ether oxygens (including phenoxy) is 1. The summed E-state index contributed by atoms with van der Waals surface area (Å²) in [5.74, 6) is -1.19. The van der Waals surface area contributed by atoms with E-state index in [1.165, 1.54) is 19.3 Å². The van der Waals surface area contributed by atoms with E-state index >= 15 is 0 Å². The van der Waals surface area contributed by atoms with Gasteiger partial charge in [-0.2, -0.15) is 0 Å². The summed E-state index contributed by atoms with van der Waals surface area (Å²) in [6.45, 7) is 3.68. The number of benzene rings is 1. The molecular weight excluding hydrogens is 216 g/mol. The van der Waals surface area contributed by atoms with E-state index in [-0.39, 0.29) is 0 Å². The Bertz CT molecular complexity index is 306. The molecule has 1 aliphatic rings. The second-order valence-electron chi connectivity index (χ2n) is 4.14. The molecule has 1 aromatic carbocycles. The molecule has 1 aromatic rings. The molecule has 0 spiro atoms. The Balaban J connectivity index is 0.000000202. The van der Waals surface area contributed by atoms with Crippen molar-refractivity contribution in [1.82, 2.24) is 0 Å². The van der Waals surface area contributed by atoms with E-state index in [9.17, 15) is 4.79 Å². The monoisotopic (exact) mass is 236 g/mol. The number of hydrogen-bond acceptors (Lipinski definition) is 2. The molecule has 0 amide bonds. The standard InChI is InChI=1S/C9H10O2.C5H10O/c1-7(9(10)11)8-5-3-2-4-6-8;1-2-4-6-5-3-1/h2-7H,1H3,(H,10,11);1-5H2. The van der Waals surface area contributed by atoms with Crippen LogP contribution in [0.15, 0.2) is 30.3 Å². The Morgan fingerprint density at radius 1 is 1.18 bits per heavy atom. The third-order valence-electron chi connectivity index (χ3n) is 2.75. The van der Waals surface area contributed by atoms with E-state index in [1.807, 2.05) is 30.3 Å². The largest absolute Gasteiger partial charge is 0.481 e. The minimum atomic E-state index is -0.781. The van der Waals surface area contributed by atoms with Crippen molar-refractivity contribution in [3.63, 3.8) is 0 Å². The van der Waals surface area contributed by atoms with Gasteiger partial charge in [0.2, 0.25) is 0 Å². The third-order valence-corrected chi connectivity index (χ3v) is 2.75. The zero-order valence-electron chi connectivity index (χ0n) is 10.3. The first kappa shape index (κ1) is 13.7. The van der Waals surface area contributed by atoms with Crippen LogP contribution in [0.3, 0.4) is 0 Å². The highest BCUT2D eigenvalue weighted by atomic mass is 16.5. The summed E-state index contributed by atoms with van der Waals surface area (Å²) in [6, 6.07) is 9.19. The highest BCUT2D eigenvalue weighted by molar-refractivity contribution is 5.75. The SMILES string of the molecule is C1CCOCC1.CC(C(=O)O)c1ccccc1. The van der Waals surface area contributed by atoms with Gasteiger partial charge < -0.3 is 9.84 Å². The molecule has 0 radical (unpaired) electrons. The Morgan fingerprint density at radius 2 is 1.76 bits per heavy atom. The second kappa shape index (κ2) is 7.85. The summed E-state index contributed by atoms with van der Waals surface area (Å²) in [4.78, 5) is 10.5. The molecule has 1 aliphatic heterocycles. The summed E-state index contributed by atoms with van der Waals surface area (Å²) >= 11 is 0. The Morgan fingerprint density at radius 3 is 2.12 bits per heavy atom. The Labute approximate surface area is 102 Å². The van der Waals surface area contributed by atoms with Crippen molar-refractivity contribution in [2.45, 2.75) is 32.1 Å². The lowest BCUT2D eigenvalue weighted by atomic mass is 10.0. The minimum absolute atomic E-state index is 0.406. The maximum absolute atomic E-state index is 10.5. The van der Waals surface area contributed by atoms with Crippen molar-refractivity contribution in [3.8, 4) is 0 Å². The predicted octanol–water partition coefficient (Wildman–Crippen LogP) is 3.06. The average molecular weight is 236 g/mol. The fourth-order valence-electron chi connectivity index (χ4n) is 1.57. The number of aliphatic carboxylic acids is 1. The van der Waals surface area contributed by atoms with Crippen molar-refractivity contribution in [1.29, 1.82) is 0 Å². The van der Waals surface area contributed by atoms with Gasteiger partial charge in [-0.05, 0) is 31.7 Å². The third kappa shape index (κ3) is 5.50. The summed E-state index contributed by atoms with van der Waals surface area (Å²) in [6.07, 6.45) is 3.93. The number of rotatable bonds is 2. The molecule has 3 heteroatoms. The van der Waals surface area contributed by atoms with E-state index in [4.69, 9.17) is 9.84 Å². The summed E-state index contributed by atoms with van der Waals surface area (Å²) in [5, 5.41) is 8.64. The van der Waals surface area contributed by atoms with Gasteiger partial charge in [-0.25, -0.2) is 0 Å². The predicted molar refractivity (Wildman–Crippen MR) is 67.2 cm³/mol. The fourth-order valence-corrected chi connectivity index (χ4v) is 1.57. The number of carbonyl (C=O) groups is 1. The van der Waals surface area contributed by atoms with Crippen molar-refractivity contribution >= 4 is 5.97 Å². The molecule has 1 atom stereocenters. The van der Waals surface area contributed by atoms with Crippen LogP contribution in [0.4, 0.5) is 0 Å². The lowest BCUT2D eigenvalue weighted by Crippen LogP contribution is -2.06. The van der Waals surface area contributed by atoms with Crippen molar-refractivity contribution in [2.75, 3.05) is 13.2 Å². The van der Waals surface area contributed by atoms with Gasteiger partial charge in [-0.1, -0.05) is 30.3 Å². The smallest absolute Gasteiger partial charge is 0.310 e. The van der Waals surface area contributed by atoms with Crippen LogP contribution in [0.25, 0.3) is 0 Å². The van der Waals surface area contributed by atoms with Crippen LogP contribution in [0, 0.1) is 0 Å². The molecule has 1 heterocycles. The normalized spacial score (nSPS) is 16.5. The van der Waals surface area contributed by atoms with E-state index in [2.05, 4.69) is 0 Å². The molecule has 94 valence electrons. The van der Waals surface area contributed by atoms with Gasteiger partial charge >= 0.3 is 5.97 Å². The van der Waals surface area contributed by atoms with Gasteiger partial charge in [0.25, 0.3) is 0 Å². The summed E-state index contributed by atoms with van der Waals surface area (Å²) < 4.78 is 5.07. The quantitative estimate of drug-likeness (QED) is 0.858. The Kier molecular flexibility index (Phi) is 6.33. The molecule has 1 unspecified atom stereocenters. The molecular formula is C14H20O3. The van der Waals surface area contributed by atoms with Gasteiger partial charge in [-0.3, -0.25) is 4.79 Å². The number of carboxylic acid groups (broad SMARTS) is 1. The lowest BCUT2D eigenvalue weighted by molar-refractivity contribution is -0.138. The van der Waals surface area contributed by atoms with E-state index < -0.39 is 11.9 Å². The molecule has 1 fully saturated rings. The zero-order valence-corrected chi connectivity index (χ0v) is 10.3. The van der Waals surface area contributed by atoms with Crippen molar-refractivity contribution in [2.24, 2.45) is 0 Å². The molecule has 3 nitrogen and oxygen atoms in total. The van der Waals surface area contributed by atoms with Crippen LogP contribution in [-0.2, 0) is 9.53 Å². The first-order valence-corrected chi connectivity index (χ1v) is 6.07. The number of hydrogen-bond donors (Lipinski definition) is 1. The molecule has 1 saturated heterocycles. The van der Waals surface area contributed by atoms with Crippen LogP contribution in [0.5, 0.6) is 0 Å². The molecule has 17 heavy (non-hydrogen) atoms. The first-order valence-electron chi connectivity index (χ1n) is 6.07. The summed E-state index contributed by atoms with van der Waals surface area (Å²) in [5.41, 5.74) is 0.847. The fraction of sp³-hybridized carbons (Fsp3) is 0.500. The maximum Gasteiger partial charge on any atom is 0.310 e. The molecule has 0 saturated carbocycles. The van der Waals surface area contributed by atoms with Gasteiger partial charge in [0.15, 0.2) is 0 Å². The van der Waals surface area contributed by atoms with Crippen molar-refractivity contribution in [3.05, 3.63) is 35.9 Å². The molecule has 0 bridgehead atoms.